The van der Waals surface area contributed by atoms with Gasteiger partial charge in [0.1, 0.15) is 5.82 Å². The fraction of sp³-hybridized carbons (Fsp3) is 0.533. The number of aromatic nitrogens is 2. The number of nitrogens with zero attached hydrogens (tertiary/aromatic N) is 2. The first kappa shape index (κ1) is 14.5. The molecule has 0 unspecified atom stereocenters. The number of hydrogen-bond donors (Lipinski definition) is 1. The van der Waals surface area contributed by atoms with E-state index in [1.165, 1.54) is 17.8 Å². The summed E-state index contributed by atoms with van der Waals surface area (Å²) in [6.07, 6.45) is 4.48. The van der Waals surface area contributed by atoms with E-state index >= 15 is 0 Å². The van der Waals surface area contributed by atoms with E-state index in [0.717, 1.165) is 35.8 Å². The van der Waals surface area contributed by atoms with E-state index in [-0.39, 0.29) is 0 Å². The summed E-state index contributed by atoms with van der Waals surface area (Å²) in [6.45, 7) is 5.21. The van der Waals surface area contributed by atoms with Crippen LogP contribution in [0.2, 0.25) is 0 Å². The summed E-state index contributed by atoms with van der Waals surface area (Å²) in [5, 5.41) is 0. The van der Waals surface area contributed by atoms with Gasteiger partial charge < -0.3 is 10.3 Å². The fourth-order valence-corrected chi connectivity index (χ4v) is 2.83. The van der Waals surface area contributed by atoms with Crippen LogP contribution in [0.5, 0.6) is 0 Å². The van der Waals surface area contributed by atoms with Crippen molar-refractivity contribution in [2.75, 3.05) is 6.54 Å². The van der Waals surface area contributed by atoms with Crippen LogP contribution in [0, 0.1) is 0 Å². The molecular formula is C15H22BrN3. The van der Waals surface area contributed by atoms with Crippen LogP contribution in [0.4, 0.5) is 0 Å². The topological polar surface area (TPSA) is 43.8 Å². The van der Waals surface area contributed by atoms with Crippen molar-refractivity contribution in [3.8, 4) is 0 Å². The van der Waals surface area contributed by atoms with Gasteiger partial charge in [0.05, 0.1) is 11.0 Å². The fourth-order valence-electron chi connectivity index (χ4n) is 2.48. The number of hydrogen-bond acceptors (Lipinski definition) is 2. The first-order valence-corrected chi connectivity index (χ1v) is 7.79. The van der Waals surface area contributed by atoms with Gasteiger partial charge in [0.15, 0.2) is 0 Å². The molecule has 1 aromatic heterocycles. The molecule has 2 rings (SSSR count). The lowest BCUT2D eigenvalue weighted by Gasteiger charge is -2.13. The zero-order valence-corrected chi connectivity index (χ0v) is 13.3. The van der Waals surface area contributed by atoms with E-state index in [1.54, 1.807) is 0 Å². The summed E-state index contributed by atoms with van der Waals surface area (Å²) >= 11 is 3.51. The van der Waals surface area contributed by atoms with Gasteiger partial charge in [-0.25, -0.2) is 4.98 Å². The van der Waals surface area contributed by atoms with Crippen molar-refractivity contribution < 1.29 is 0 Å². The second kappa shape index (κ2) is 6.53. The van der Waals surface area contributed by atoms with E-state index in [1.807, 2.05) is 0 Å². The summed E-state index contributed by atoms with van der Waals surface area (Å²) in [6, 6.07) is 6.77. The third-order valence-corrected chi connectivity index (χ3v) is 3.84. The number of imidazole rings is 1. The highest BCUT2D eigenvalue weighted by molar-refractivity contribution is 9.10. The Labute approximate surface area is 123 Å². The third kappa shape index (κ3) is 3.37. The highest BCUT2D eigenvalue weighted by Gasteiger charge is 2.12. The molecule has 0 aliphatic rings. The zero-order chi connectivity index (χ0) is 13.8. The van der Waals surface area contributed by atoms with Crippen molar-refractivity contribution in [1.82, 2.24) is 9.55 Å². The van der Waals surface area contributed by atoms with Gasteiger partial charge in [-0.15, -0.1) is 0 Å². The van der Waals surface area contributed by atoms with Crippen LogP contribution in [0.3, 0.4) is 0 Å². The van der Waals surface area contributed by atoms with Gasteiger partial charge in [0.2, 0.25) is 0 Å². The molecule has 0 aliphatic carbocycles. The summed E-state index contributed by atoms with van der Waals surface area (Å²) in [5.74, 6) is 1.19. The number of unbranched alkanes of at least 4 members (excludes halogenated alkanes) is 2. The monoisotopic (exact) mass is 323 g/mol. The van der Waals surface area contributed by atoms with Crippen LogP contribution < -0.4 is 5.73 Å². The molecular weight excluding hydrogens is 302 g/mol. The average molecular weight is 324 g/mol. The highest BCUT2D eigenvalue weighted by Crippen LogP contribution is 2.25. The van der Waals surface area contributed by atoms with Crippen LogP contribution in [-0.4, -0.2) is 16.1 Å². The number of rotatable bonds is 6. The standard InChI is InChI=1S/C15H22BrN3/c1-11(2)19-14-8-7-12(16)10-13(14)18-15(19)6-4-3-5-9-17/h7-8,10-11H,3-6,9,17H2,1-2H3. The summed E-state index contributed by atoms with van der Waals surface area (Å²) in [4.78, 5) is 4.79. The van der Waals surface area contributed by atoms with Crippen molar-refractivity contribution >= 4 is 27.0 Å². The summed E-state index contributed by atoms with van der Waals surface area (Å²) in [7, 11) is 0. The Morgan fingerprint density at radius 2 is 2.05 bits per heavy atom. The minimum Gasteiger partial charge on any atom is -0.330 e. The van der Waals surface area contributed by atoms with Crippen molar-refractivity contribution in [2.45, 2.75) is 45.6 Å². The number of halogens is 1. The van der Waals surface area contributed by atoms with Crippen LogP contribution in [-0.2, 0) is 6.42 Å². The molecule has 3 nitrogen and oxygen atoms in total. The van der Waals surface area contributed by atoms with Gasteiger partial charge in [0, 0.05) is 16.9 Å². The molecule has 2 aromatic rings. The molecule has 0 bridgehead atoms. The van der Waals surface area contributed by atoms with Crippen LogP contribution in [0.25, 0.3) is 11.0 Å². The maximum absolute atomic E-state index is 5.54. The smallest absolute Gasteiger partial charge is 0.110 e. The van der Waals surface area contributed by atoms with Crippen LogP contribution >= 0.6 is 15.9 Å². The largest absolute Gasteiger partial charge is 0.330 e. The third-order valence-electron chi connectivity index (χ3n) is 3.35. The molecule has 0 amide bonds. The normalized spacial score (nSPS) is 11.6. The second-order valence-electron chi connectivity index (χ2n) is 5.22. The quantitative estimate of drug-likeness (QED) is 0.815. The molecule has 0 fully saturated rings. The van der Waals surface area contributed by atoms with Crippen molar-refractivity contribution in [3.05, 3.63) is 28.5 Å². The molecule has 0 saturated carbocycles. The molecule has 0 aliphatic heterocycles. The molecule has 0 saturated heterocycles. The molecule has 2 N–H and O–H groups in total. The van der Waals surface area contributed by atoms with Gasteiger partial charge in [-0.1, -0.05) is 22.4 Å². The Morgan fingerprint density at radius 1 is 1.26 bits per heavy atom. The Hall–Kier alpha value is -0.870. The number of aryl methyl sites for hydroxylation is 1. The molecule has 0 atom stereocenters. The predicted molar refractivity (Wildman–Crippen MR) is 84.4 cm³/mol. The molecule has 4 heteroatoms. The Morgan fingerprint density at radius 3 is 2.74 bits per heavy atom. The van der Waals surface area contributed by atoms with E-state index in [0.29, 0.717) is 6.04 Å². The SMILES string of the molecule is CC(C)n1c(CCCCCN)nc2cc(Br)ccc21. The van der Waals surface area contributed by atoms with E-state index in [9.17, 15) is 0 Å². The average Bonchev–Trinajstić information content (AvgIpc) is 2.72. The molecule has 0 spiro atoms. The lowest BCUT2D eigenvalue weighted by atomic mass is 10.2. The minimum absolute atomic E-state index is 0.440. The zero-order valence-electron chi connectivity index (χ0n) is 11.7. The van der Waals surface area contributed by atoms with Crippen molar-refractivity contribution in [1.29, 1.82) is 0 Å². The summed E-state index contributed by atoms with van der Waals surface area (Å²) in [5.41, 5.74) is 7.85. The van der Waals surface area contributed by atoms with Crippen LogP contribution in [0.1, 0.15) is 45.0 Å². The lowest BCUT2D eigenvalue weighted by molar-refractivity contribution is 0.566. The van der Waals surface area contributed by atoms with Gasteiger partial charge in [-0.3, -0.25) is 0 Å². The number of nitrogens with two attached hydrogens (primary N) is 1. The molecule has 1 aromatic carbocycles. The van der Waals surface area contributed by atoms with Gasteiger partial charge in [-0.05, 0) is 51.4 Å². The summed E-state index contributed by atoms with van der Waals surface area (Å²) < 4.78 is 3.44. The van der Waals surface area contributed by atoms with Crippen molar-refractivity contribution in [3.63, 3.8) is 0 Å². The lowest BCUT2D eigenvalue weighted by Crippen LogP contribution is -2.07. The van der Waals surface area contributed by atoms with Gasteiger partial charge in [0.25, 0.3) is 0 Å². The molecule has 104 valence electrons. The van der Waals surface area contributed by atoms with Gasteiger partial charge >= 0.3 is 0 Å². The van der Waals surface area contributed by atoms with Crippen LogP contribution in [0.15, 0.2) is 22.7 Å². The highest BCUT2D eigenvalue weighted by atomic mass is 79.9. The maximum Gasteiger partial charge on any atom is 0.110 e. The van der Waals surface area contributed by atoms with E-state index in [2.05, 4.69) is 52.5 Å². The van der Waals surface area contributed by atoms with E-state index in [4.69, 9.17) is 10.7 Å². The maximum atomic E-state index is 5.54. The van der Waals surface area contributed by atoms with Gasteiger partial charge in [-0.2, -0.15) is 0 Å². The predicted octanol–water partition coefficient (Wildman–Crippen LogP) is 4.05. The Bertz CT molecular complexity index is 546. The number of fused-ring (bicyclic) bond motifs is 1. The molecule has 19 heavy (non-hydrogen) atoms. The molecule has 1 heterocycles. The first-order valence-electron chi connectivity index (χ1n) is 7.00. The molecule has 0 radical (unpaired) electrons. The Balaban J connectivity index is 2.28. The van der Waals surface area contributed by atoms with E-state index < -0.39 is 0 Å². The van der Waals surface area contributed by atoms with Crippen molar-refractivity contribution in [2.24, 2.45) is 5.73 Å². The first-order chi connectivity index (χ1) is 9.13. The Kier molecular flexibility index (Phi) is 4.99. The number of benzene rings is 1. The second-order valence-corrected chi connectivity index (χ2v) is 6.14. The minimum atomic E-state index is 0.440.